The molecule has 67 heavy (non-hydrogen) atoms. The minimum Gasteiger partial charge on any atom is -0.455 e. The first-order valence-electron chi connectivity index (χ1n) is 24.7. The molecule has 2 heterocycles. The smallest absolute Gasteiger partial charge is 0.144 e. The molecule has 0 unspecified atom stereocenters. The zero-order valence-electron chi connectivity index (χ0n) is 37.7. The van der Waals surface area contributed by atoms with Crippen molar-refractivity contribution in [2.75, 3.05) is 0 Å². The summed E-state index contributed by atoms with van der Waals surface area (Å²) in [4.78, 5) is 11.1. The van der Waals surface area contributed by atoms with Crippen LogP contribution in [0.15, 0.2) is 186 Å². The van der Waals surface area contributed by atoms with E-state index in [0.717, 1.165) is 67.0 Å². The third-order valence-electron chi connectivity index (χ3n) is 16.3. The molecule has 14 rings (SSSR count). The standard InChI is InChI=1S/C64H50N2O/c1-6-19-41(20-7-1)58-59(42-21-8-2-9-22-42)66-61(60(65-58)43-23-10-3-11-24-43)49-27-18-26-48-52-37-44(30-32-57(52)67-62(48)49)45-29-31-47-51-40-55-50(39-56(51)64(54(47)38-45)35-16-5-17-36-64)46-25-12-13-28-53(46)63(55)33-14-4-15-34-63/h1-3,6-13,18-32,37-40H,4-5,14-17,33-36H2. The van der Waals surface area contributed by atoms with Crippen LogP contribution in [0.4, 0.5) is 0 Å². The number of hydrogen-bond acceptors (Lipinski definition) is 3. The second-order valence-corrected chi connectivity index (χ2v) is 19.7. The lowest BCUT2D eigenvalue weighted by molar-refractivity contribution is 0.350. The molecule has 0 radical (unpaired) electrons. The van der Waals surface area contributed by atoms with Crippen LogP contribution in [0.3, 0.4) is 0 Å². The minimum absolute atomic E-state index is 0.0404. The molecular formula is C64H50N2O. The first-order valence-corrected chi connectivity index (χ1v) is 24.7. The van der Waals surface area contributed by atoms with Crippen molar-refractivity contribution in [3.8, 4) is 78.4 Å². The Morgan fingerprint density at radius 2 is 0.791 bits per heavy atom. The zero-order valence-corrected chi connectivity index (χ0v) is 37.7. The van der Waals surface area contributed by atoms with Crippen molar-refractivity contribution in [2.24, 2.45) is 0 Å². The molecule has 0 N–H and O–H groups in total. The molecule has 4 aliphatic rings. The SMILES string of the molecule is c1ccc(-c2nc(-c3ccccc3)c(-c3cccc4c3oc3ccc(-c5ccc6c(c5)C5(CCCCC5)c5cc7c(cc5-6)C5(CCCCC5)c5ccccc5-7)cc34)nc2-c2ccccc2)cc1. The molecule has 0 saturated heterocycles. The van der Waals surface area contributed by atoms with E-state index in [0.29, 0.717) is 0 Å². The molecule has 0 aliphatic heterocycles. The number of rotatable bonds is 5. The summed E-state index contributed by atoms with van der Waals surface area (Å²) in [6.45, 7) is 0. The van der Waals surface area contributed by atoms with E-state index in [-0.39, 0.29) is 10.8 Å². The van der Waals surface area contributed by atoms with Crippen LogP contribution < -0.4 is 0 Å². The van der Waals surface area contributed by atoms with E-state index in [4.69, 9.17) is 14.4 Å². The summed E-state index contributed by atoms with van der Waals surface area (Å²) in [6.07, 6.45) is 12.8. The van der Waals surface area contributed by atoms with Crippen molar-refractivity contribution in [3.63, 3.8) is 0 Å². The van der Waals surface area contributed by atoms with E-state index in [1.54, 1.807) is 16.7 Å². The number of hydrogen-bond donors (Lipinski definition) is 0. The maximum absolute atomic E-state index is 6.93. The first kappa shape index (κ1) is 38.9. The summed E-state index contributed by atoms with van der Waals surface area (Å²) in [5.74, 6) is 0. The summed E-state index contributed by atoms with van der Waals surface area (Å²) in [6, 6.07) is 66.8. The third-order valence-corrected chi connectivity index (χ3v) is 16.3. The normalized spacial score (nSPS) is 16.3. The zero-order chi connectivity index (χ0) is 44.1. The van der Waals surface area contributed by atoms with Crippen LogP contribution in [-0.4, -0.2) is 9.97 Å². The Bertz CT molecular complexity index is 3570. The Labute approximate surface area is 392 Å². The first-order chi connectivity index (χ1) is 33.2. The van der Waals surface area contributed by atoms with E-state index in [1.807, 2.05) is 12.1 Å². The summed E-state index contributed by atoms with van der Waals surface area (Å²) in [5, 5.41) is 2.18. The average Bonchev–Trinajstić information content (AvgIpc) is 4.00. The number of benzene rings is 8. The highest BCUT2D eigenvalue weighted by atomic mass is 16.3. The fourth-order valence-corrected chi connectivity index (χ4v) is 13.2. The molecule has 0 bridgehead atoms. The lowest BCUT2D eigenvalue weighted by Gasteiger charge is -2.37. The predicted octanol–water partition coefficient (Wildman–Crippen LogP) is 17.2. The van der Waals surface area contributed by atoms with Gasteiger partial charge in [0.25, 0.3) is 0 Å². The molecule has 2 fully saturated rings. The molecule has 3 heteroatoms. The third kappa shape index (κ3) is 5.83. The topological polar surface area (TPSA) is 38.9 Å². The van der Waals surface area contributed by atoms with Crippen LogP contribution >= 0.6 is 0 Å². The van der Waals surface area contributed by atoms with Crippen LogP contribution in [0.5, 0.6) is 0 Å². The van der Waals surface area contributed by atoms with Gasteiger partial charge in [-0.25, -0.2) is 9.97 Å². The van der Waals surface area contributed by atoms with Gasteiger partial charge in [0.15, 0.2) is 0 Å². The number of nitrogens with zero attached hydrogens (tertiary/aromatic N) is 2. The van der Waals surface area contributed by atoms with E-state index < -0.39 is 0 Å². The van der Waals surface area contributed by atoms with Gasteiger partial charge in [0.2, 0.25) is 0 Å². The number of fused-ring (bicyclic) bond motifs is 13. The van der Waals surface area contributed by atoms with E-state index >= 15 is 0 Å². The second-order valence-electron chi connectivity index (χ2n) is 19.7. The van der Waals surface area contributed by atoms with Crippen LogP contribution in [-0.2, 0) is 10.8 Å². The Morgan fingerprint density at radius 3 is 1.42 bits per heavy atom. The van der Waals surface area contributed by atoms with Crippen molar-refractivity contribution in [3.05, 3.63) is 204 Å². The largest absolute Gasteiger partial charge is 0.455 e. The van der Waals surface area contributed by atoms with Crippen LogP contribution in [0.2, 0.25) is 0 Å². The Kier molecular flexibility index (Phi) is 8.75. The fourth-order valence-electron chi connectivity index (χ4n) is 13.2. The number of furan rings is 1. The average molecular weight is 863 g/mol. The highest BCUT2D eigenvalue weighted by Gasteiger charge is 2.49. The Morgan fingerprint density at radius 1 is 0.313 bits per heavy atom. The van der Waals surface area contributed by atoms with E-state index in [2.05, 4.69) is 170 Å². The van der Waals surface area contributed by atoms with Crippen molar-refractivity contribution < 1.29 is 4.42 Å². The molecule has 10 aromatic rings. The lowest BCUT2D eigenvalue weighted by atomic mass is 9.66. The summed E-state index contributed by atoms with van der Waals surface area (Å²) in [7, 11) is 0. The number of para-hydroxylation sites is 1. The van der Waals surface area contributed by atoms with Gasteiger partial charge in [-0.3, -0.25) is 0 Å². The molecule has 4 aliphatic carbocycles. The molecular weight excluding hydrogens is 813 g/mol. The summed E-state index contributed by atoms with van der Waals surface area (Å²) >= 11 is 0. The molecule has 322 valence electrons. The van der Waals surface area contributed by atoms with Gasteiger partial charge in [0.1, 0.15) is 16.9 Å². The van der Waals surface area contributed by atoms with Gasteiger partial charge in [0, 0.05) is 43.9 Å². The van der Waals surface area contributed by atoms with Gasteiger partial charge in [0.05, 0.1) is 17.1 Å². The van der Waals surface area contributed by atoms with Gasteiger partial charge >= 0.3 is 0 Å². The van der Waals surface area contributed by atoms with Crippen molar-refractivity contribution in [1.29, 1.82) is 0 Å². The van der Waals surface area contributed by atoms with Crippen molar-refractivity contribution >= 4 is 21.9 Å². The maximum atomic E-state index is 6.93. The second kappa shape index (κ2) is 15.1. The van der Waals surface area contributed by atoms with Gasteiger partial charge in [-0.1, -0.05) is 184 Å². The molecule has 0 atom stereocenters. The van der Waals surface area contributed by atoms with Crippen molar-refractivity contribution in [1.82, 2.24) is 9.97 Å². The maximum Gasteiger partial charge on any atom is 0.144 e. The van der Waals surface area contributed by atoms with Gasteiger partial charge < -0.3 is 4.42 Å². The number of aromatic nitrogens is 2. The highest BCUT2D eigenvalue weighted by molar-refractivity contribution is 6.11. The summed E-state index contributed by atoms with van der Waals surface area (Å²) < 4.78 is 6.93. The highest BCUT2D eigenvalue weighted by Crippen LogP contribution is 2.62. The van der Waals surface area contributed by atoms with Crippen LogP contribution in [0, 0.1) is 0 Å². The molecule has 0 amide bonds. The molecule has 3 nitrogen and oxygen atoms in total. The van der Waals surface area contributed by atoms with Gasteiger partial charge in [-0.05, 0) is 118 Å². The Hall–Kier alpha value is -7.36. The molecule has 8 aromatic carbocycles. The van der Waals surface area contributed by atoms with Crippen LogP contribution in [0.25, 0.3) is 100 Å². The van der Waals surface area contributed by atoms with Gasteiger partial charge in [-0.2, -0.15) is 0 Å². The minimum atomic E-state index is 0.0404. The summed E-state index contributed by atoms with van der Waals surface area (Å²) in [5.41, 5.74) is 23.9. The lowest BCUT2D eigenvalue weighted by Crippen LogP contribution is -2.29. The van der Waals surface area contributed by atoms with E-state index in [9.17, 15) is 0 Å². The van der Waals surface area contributed by atoms with E-state index in [1.165, 1.54) is 103 Å². The predicted molar refractivity (Wildman–Crippen MR) is 275 cm³/mol. The molecule has 2 spiro atoms. The van der Waals surface area contributed by atoms with Gasteiger partial charge in [-0.15, -0.1) is 0 Å². The molecule has 2 aromatic heterocycles. The van der Waals surface area contributed by atoms with Crippen LogP contribution in [0.1, 0.15) is 86.5 Å². The quantitative estimate of drug-likeness (QED) is 0.173. The molecule has 2 saturated carbocycles. The monoisotopic (exact) mass is 862 g/mol. The Balaban J connectivity index is 0.914. The fraction of sp³-hybridized carbons (Fsp3) is 0.188. The van der Waals surface area contributed by atoms with Crippen molar-refractivity contribution in [2.45, 2.75) is 75.0 Å².